The number of hydrogen-bond acceptors (Lipinski definition) is 7. The van der Waals surface area contributed by atoms with E-state index in [2.05, 4.69) is 14.9 Å². The van der Waals surface area contributed by atoms with Gasteiger partial charge in [-0.25, -0.2) is 13.1 Å². The minimum Gasteiger partial charge on any atom is -0.380 e. The first-order valence-electron chi connectivity index (χ1n) is 4.64. The largest absolute Gasteiger partial charge is 0.380 e. The lowest BCUT2D eigenvalue weighted by Crippen LogP contribution is -2.35. The van der Waals surface area contributed by atoms with E-state index in [0.717, 1.165) is 11.3 Å². The number of nitrogens with zero attached hydrogens (tertiary/aromatic N) is 2. The summed E-state index contributed by atoms with van der Waals surface area (Å²) in [6, 6.07) is -0.324. The van der Waals surface area contributed by atoms with Gasteiger partial charge >= 0.3 is 0 Å². The molecule has 1 heterocycles. The van der Waals surface area contributed by atoms with Crippen LogP contribution < -0.4 is 10.5 Å². The highest BCUT2D eigenvalue weighted by atomic mass is 32.2. The Kier molecular flexibility index (Phi) is 4.59. The van der Waals surface area contributed by atoms with E-state index in [0.29, 0.717) is 13.2 Å². The second kappa shape index (κ2) is 5.53. The van der Waals surface area contributed by atoms with E-state index in [4.69, 9.17) is 10.5 Å². The molecule has 0 aromatic carbocycles. The molecule has 0 spiro atoms. The monoisotopic (exact) mass is 266 g/mol. The van der Waals surface area contributed by atoms with Crippen LogP contribution in [0, 0.1) is 0 Å². The fourth-order valence-electron chi connectivity index (χ4n) is 0.973. The number of ether oxygens (including phenoxy) is 1. The number of sulfonamides is 1. The molecule has 0 aliphatic rings. The Hall–Kier alpha value is -0.770. The first-order valence-corrected chi connectivity index (χ1v) is 6.94. The summed E-state index contributed by atoms with van der Waals surface area (Å²) in [5, 5.41) is 7.04. The lowest BCUT2D eigenvalue weighted by molar-refractivity contribution is 0.133. The van der Waals surface area contributed by atoms with Gasteiger partial charge in [0, 0.05) is 12.6 Å². The van der Waals surface area contributed by atoms with Gasteiger partial charge in [0.05, 0.1) is 6.61 Å². The standard InChI is InChI=1S/C7H14N4O3S2/c1-3-14-4-5(2)11-16(12,13)7-10-9-6(8)15-7/h5,11H,3-4H2,1-2H3,(H2,8,9). The van der Waals surface area contributed by atoms with Crippen molar-refractivity contribution in [3.05, 3.63) is 0 Å². The molecule has 0 fully saturated rings. The van der Waals surface area contributed by atoms with Crippen LogP contribution in [0.5, 0.6) is 0 Å². The van der Waals surface area contributed by atoms with Crippen molar-refractivity contribution in [3.8, 4) is 0 Å². The molecule has 0 saturated heterocycles. The van der Waals surface area contributed by atoms with Crippen LogP contribution in [0.2, 0.25) is 0 Å². The van der Waals surface area contributed by atoms with Gasteiger partial charge in [-0.05, 0) is 13.8 Å². The Morgan fingerprint density at radius 2 is 2.25 bits per heavy atom. The number of nitrogens with two attached hydrogens (primary N) is 1. The molecule has 0 aliphatic heterocycles. The normalized spacial score (nSPS) is 13.9. The maximum atomic E-state index is 11.7. The van der Waals surface area contributed by atoms with Crippen molar-refractivity contribution < 1.29 is 13.2 Å². The van der Waals surface area contributed by atoms with Crippen molar-refractivity contribution >= 4 is 26.5 Å². The molecule has 16 heavy (non-hydrogen) atoms. The molecule has 0 amide bonds. The second-order valence-electron chi connectivity index (χ2n) is 3.09. The van der Waals surface area contributed by atoms with Crippen LogP contribution in [0.1, 0.15) is 13.8 Å². The smallest absolute Gasteiger partial charge is 0.270 e. The molecule has 1 unspecified atom stereocenters. The fourth-order valence-corrected chi connectivity index (χ4v) is 3.00. The molecule has 0 radical (unpaired) electrons. The van der Waals surface area contributed by atoms with E-state index in [1.54, 1.807) is 6.92 Å². The van der Waals surface area contributed by atoms with E-state index in [1.807, 2.05) is 6.92 Å². The molecule has 0 bridgehead atoms. The minimum atomic E-state index is -3.63. The Morgan fingerprint density at radius 3 is 2.75 bits per heavy atom. The molecule has 9 heteroatoms. The molecule has 0 saturated carbocycles. The quantitative estimate of drug-likeness (QED) is 0.740. The molecule has 92 valence electrons. The van der Waals surface area contributed by atoms with Crippen LogP contribution >= 0.6 is 11.3 Å². The third kappa shape index (κ3) is 3.67. The first kappa shape index (κ1) is 13.3. The summed E-state index contributed by atoms with van der Waals surface area (Å²) < 4.78 is 30.8. The predicted molar refractivity (Wildman–Crippen MR) is 60.6 cm³/mol. The van der Waals surface area contributed by atoms with Gasteiger partial charge in [-0.2, -0.15) is 0 Å². The highest BCUT2D eigenvalue weighted by Gasteiger charge is 2.21. The number of nitrogens with one attached hydrogen (secondary N) is 1. The van der Waals surface area contributed by atoms with E-state index in [9.17, 15) is 8.42 Å². The van der Waals surface area contributed by atoms with E-state index < -0.39 is 10.0 Å². The summed E-state index contributed by atoms with van der Waals surface area (Å²) in [5.41, 5.74) is 5.31. The van der Waals surface area contributed by atoms with Gasteiger partial charge in [0.2, 0.25) is 9.47 Å². The Labute approximate surface area is 98.1 Å². The number of rotatable bonds is 6. The van der Waals surface area contributed by atoms with Crippen molar-refractivity contribution in [2.75, 3.05) is 18.9 Å². The van der Waals surface area contributed by atoms with Crippen LogP contribution in [0.4, 0.5) is 5.13 Å². The maximum Gasteiger partial charge on any atom is 0.270 e. The van der Waals surface area contributed by atoms with Crippen LogP contribution in [-0.4, -0.2) is 37.9 Å². The highest BCUT2D eigenvalue weighted by Crippen LogP contribution is 2.16. The molecule has 3 N–H and O–H groups in total. The van der Waals surface area contributed by atoms with Gasteiger partial charge in [0.25, 0.3) is 10.0 Å². The van der Waals surface area contributed by atoms with Gasteiger partial charge < -0.3 is 10.5 Å². The SMILES string of the molecule is CCOCC(C)NS(=O)(=O)c1nnc(N)s1. The molecule has 7 nitrogen and oxygen atoms in total. The molecular formula is C7H14N4O3S2. The van der Waals surface area contributed by atoms with E-state index in [-0.39, 0.29) is 15.5 Å². The first-order chi connectivity index (χ1) is 7.45. The Balaban J connectivity index is 2.65. The molecule has 0 aliphatic carbocycles. The van der Waals surface area contributed by atoms with Crippen molar-refractivity contribution in [2.24, 2.45) is 0 Å². The molecule has 1 atom stereocenters. The van der Waals surface area contributed by atoms with Crippen LogP contribution in [0.15, 0.2) is 4.34 Å². The third-order valence-corrected chi connectivity index (χ3v) is 4.29. The van der Waals surface area contributed by atoms with E-state index >= 15 is 0 Å². The topological polar surface area (TPSA) is 107 Å². The average Bonchev–Trinajstić information content (AvgIpc) is 2.62. The predicted octanol–water partition coefficient (Wildman–Crippen LogP) is -0.176. The maximum absolute atomic E-state index is 11.7. The summed E-state index contributed by atoms with van der Waals surface area (Å²) in [4.78, 5) is 0. The summed E-state index contributed by atoms with van der Waals surface area (Å²) in [6.07, 6.45) is 0. The lowest BCUT2D eigenvalue weighted by atomic mass is 10.4. The molecule has 1 rings (SSSR count). The summed E-state index contributed by atoms with van der Waals surface area (Å²) in [6.45, 7) is 4.39. The second-order valence-corrected chi connectivity index (χ2v) is 5.98. The highest BCUT2D eigenvalue weighted by molar-refractivity contribution is 7.91. The van der Waals surface area contributed by atoms with Crippen molar-refractivity contribution in [2.45, 2.75) is 24.2 Å². The lowest BCUT2D eigenvalue weighted by Gasteiger charge is -2.11. The number of hydrogen-bond donors (Lipinski definition) is 2. The number of nitrogen functional groups attached to an aromatic ring is 1. The third-order valence-electron chi connectivity index (χ3n) is 1.58. The molecular weight excluding hydrogens is 252 g/mol. The zero-order chi connectivity index (χ0) is 12.2. The van der Waals surface area contributed by atoms with Gasteiger partial charge in [-0.15, -0.1) is 10.2 Å². The zero-order valence-electron chi connectivity index (χ0n) is 9.00. The molecule has 1 aromatic heterocycles. The Bertz CT molecular complexity index is 431. The average molecular weight is 266 g/mol. The summed E-state index contributed by atoms with van der Waals surface area (Å²) in [5.74, 6) is 0. The van der Waals surface area contributed by atoms with E-state index in [1.165, 1.54) is 0 Å². The van der Waals surface area contributed by atoms with Crippen LogP contribution in [-0.2, 0) is 14.8 Å². The van der Waals surface area contributed by atoms with Gasteiger partial charge in [-0.1, -0.05) is 11.3 Å². The summed E-state index contributed by atoms with van der Waals surface area (Å²) >= 11 is 0.825. The van der Waals surface area contributed by atoms with Crippen LogP contribution in [0.3, 0.4) is 0 Å². The fraction of sp³-hybridized carbons (Fsp3) is 0.714. The van der Waals surface area contributed by atoms with Crippen molar-refractivity contribution in [1.82, 2.24) is 14.9 Å². The van der Waals surface area contributed by atoms with Gasteiger partial charge in [0.1, 0.15) is 0 Å². The number of anilines is 1. The number of aromatic nitrogens is 2. The van der Waals surface area contributed by atoms with Crippen molar-refractivity contribution in [1.29, 1.82) is 0 Å². The Morgan fingerprint density at radius 1 is 1.56 bits per heavy atom. The molecule has 1 aromatic rings. The zero-order valence-corrected chi connectivity index (χ0v) is 10.6. The van der Waals surface area contributed by atoms with Crippen molar-refractivity contribution in [3.63, 3.8) is 0 Å². The van der Waals surface area contributed by atoms with Crippen LogP contribution in [0.25, 0.3) is 0 Å². The summed E-state index contributed by atoms with van der Waals surface area (Å²) in [7, 11) is -3.63. The van der Waals surface area contributed by atoms with Gasteiger partial charge in [-0.3, -0.25) is 0 Å². The van der Waals surface area contributed by atoms with Gasteiger partial charge in [0.15, 0.2) is 0 Å². The minimum absolute atomic E-state index is 0.123.